The van der Waals surface area contributed by atoms with Crippen LogP contribution in [0.1, 0.15) is 33.3 Å². The Morgan fingerprint density at radius 3 is 2.66 bits per heavy atom. The molecule has 11 heteroatoms. The van der Waals surface area contributed by atoms with Gasteiger partial charge in [0.25, 0.3) is 0 Å². The summed E-state index contributed by atoms with van der Waals surface area (Å²) < 4.78 is 12.8. The van der Waals surface area contributed by atoms with E-state index in [0.717, 1.165) is 22.2 Å². The zero-order chi connectivity index (χ0) is 27.2. The number of nitrogens with one attached hydrogen (secondary N) is 1. The molecule has 0 bridgehead atoms. The van der Waals surface area contributed by atoms with Crippen LogP contribution in [0.5, 0.6) is 5.75 Å². The van der Waals surface area contributed by atoms with Crippen LogP contribution in [0.4, 0.5) is 26.8 Å². The van der Waals surface area contributed by atoms with Crippen LogP contribution < -0.4 is 19.9 Å². The molecular formula is C27H35N7O4. The first kappa shape index (κ1) is 25.6. The number of urea groups is 1. The van der Waals surface area contributed by atoms with Crippen LogP contribution in [0.2, 0.25) is 0 Å². The first-order valence-electron chi connectivity index (χ1n) is 12.9. The summed E-state index contributed by atoms with van der Waals surface area (Å²) in [4.78, 5) is 36.3. The minimum absolute atomic E-state index is 0.0157. The molecule has 11 nitrogen and oxygen atoms in total. The predicted octanol–water partition coefficient (Wildman–Crippen LogP) is 4.02. The van der Waals surface area contributed by atoms with Gasteiger partial charge in [0.1, 0.15) is 17.2 Å². The average Bonchev–Trinajstić information content (AvgIpc) is 3.44. The highest BCUT2D eigenvalue weighted by Crippen LogP contribution is 2.36. The second-order valence-corrected chi connectivity index (χ2v) is 10.8. The number of anilines is 3. The lowest BCUT2D eigenvalue weighted by atomic mass is 10.1. The fraction of sp³-hybridized carbons (Fsp3) is 0.481. The van der Waals surface area contributed by atoms with Crippen LogP contribution in [-0.2, 0) is 18.2 Å². The Labute approximate surface area is 222 Å². The van der Waals surface area contributed by atoms with Gasteiger partial charge in [0.15, 0.2) is 0 Å². The largest absolute Gasteiger partial charge is 0.494 e. The van der Waals surface area contributed by atoms with E-state index in [-0.39, 0.29) is 18.2 Å². The number of benzene rings is 1. The Balaban J connectivity index is 1.32. The van der Waals surface area contributed by atoms with Gasteiger partial charge in [-0.2, -0.15) is 5.10 Å². The van der Waals surface area contributed by atoms with Crippen LogP contribution in [0.25, 0.3) is 10.9 Å². The third-order valence-corrected chi connectivity index (χ3v) is 6.87. The summed E-state index contributed by atoms with van der Waals surface area (Å²) in [7, 11) is 3.43. The number of nitrogens with zero attached hydrogens (tertiary/aromatic N) is 6. The fourth-order valence-electron chi connectivity index (χ4n) is 5.16. The summed E-state index contributed by atoms with van der Waals surface area (Å²) in [5.74, 6) is 1.20. The first-order valence-corrected chi connectivity index (χ1v) is 12.9. The molecule has 5 rings (SSSR count). The molecule has 38 heavy (non-hydrogen) atoms. The number of aryl methyl sites for hydroxylation is 1. The topological polar surface area (TPSA) is 105 Å². The van der Waals surface area contributed by atoms with Gasteiger partial charge in [-0.3, -0.25) is 9.58 Å². The molecule has 2 aliphatic heterocycles. The maximum Gasteiger partial charge on any atom is 0.410 e. The zero-order valence-corrected chi connectivity index (χ0v) is 22.8. The quantitative estimate of drug-likeness (QED) is 0.555. The van der Waals surface area contributed by atoms with E-state index in [4.69, 9.17) is 9.47 Å². The normalized spacial score (nSPS) is 17.5. The van der Waals surface area contributed by atoms with Crippen molar-refractivity contribution >= 4 is 40.2 Å². The summed E-state index contributed by atoms with van der Waals surface area (Å²) >= 11 is 0. The number of fused-ring (bicyclic) bond motifs is 2. The minimum Gasteiger partial charge on any atom is -0.494 e. The number of amides is 3. The first-order chi connectivity index (χ1) is 18.0. The van der Waals surface area contributed by atoms with Crippen molar-refractivity contribution in [1.29, 1.82) is 0 Å². The highest BCUT2D eigenvalue weighted by molar-refractivity contribution is 6.05. The lowest BCUT2D eigenvalue weighted by Crippen LogP contribution is -2.55. The second kappa shape index (κ2) is 9.70. The van der Waals surface area contributed by atoms with Crippen molar-refractivity contribution in [2.45, 2.75) is 45.8 Å². The third-order valence-electron chi connectivity index (χ3n) is 6.87. The van der Waals surface area contributed by atoms with Gasteiger partial charge < -0.3 is 24.6 Å². The van der Waals surface area contributed by atoms with Crippen LogP contribution >= 0.6 is 0 Å². The Morgan fingerprint density at radius 1 is 1.16 bits per heavy atom. The monoisotopic (exact) mass is 521 g/mol. The predicted molar refractivity (Wildman–Crippen MR) is 146 cm³/mol. The van der Waals surface area contributed by atoms with Gasteiger partial charge in [0.2, 0.25) is 0 Å². The number of hydrogen-bond acceptors (Lipinski definition) is 7. The second-order valence-electron chi connectivity index (χ2n) is 10.8. The molecule has 0 radical (unpaired) electrons. The average molecular weight is 522 g/mol. The number of ether oxygens (including phenoxy) is 2. The Bertz CT molecular complexity index is 1380. The molecule has 1 atom stereocenters. The molecule has 3 amide bonds. The van der Waals surface area contributed by atoms with Gasteiger partial charge in [-0.05, 0) is 46.2 Å². The van der Waals surface area contributed by atoms with Gasteiger partial charge in [0.05, 0.1) is 18.3 Å². The van der Waals surface area contributed by atoms with Crippen LogP contribution in [0, 0.1) is 0 Å². The Kier molecular flexibility index (Phi) is 6.54. The standard InChI is InChI=1S/C27H35N7O4/c1-17-15-32(11-12-33(17)26(36)38-27(2,3)4)22-7-9-28-24-19(22)8-10-34(24)25(35)29-21-13-18-16-31(5)30-20(18)14-23(21)37-6/h7,9,13-14,16-17H,8,10-12,15H2,1-6H3,(H,29,35)/t17-/m0/s1. The van der Waals surface area contributed by atoms with E-state index in [1.807, 2.05) is 59.1 Å². The van der Waals surface area contributed by atoms with Crippen molar-refractivity contribution in [3.8, 4) is 5.75 Å². The molecule has 0 aliphatic carbocycles. The highest BCUT2D eigenvalue weighted by Gasteiger charge is 2.34. The fourth-order valence-corrected chi connectivity index (χ4v) is 5.16. The molecule has 1 saturated heterocycles. The number of pyridine rings is 1. The number of piperazine rings is 1. The third kappa shape index (κ3) is 4.92. The van der Waals surface area contributed by atoms with Crippen molar-refractivity contribution in [2.24, 2.45) is 7.05 Å². The summed E-state index contributed by atoms with van der Waals surface area (Å²) in [6.07, 6.45) is 4.05. The van der Waals surface area contributed by atoms with E-state index in [1.165, 1.54) is 0 Å². The molecule has 3 aromatic rings. The molecule has 2 aliphatic rings. The lowest BCUT2D eigenvalue weighted by molar-refractivity contribution is 0.0159. The van der Waals surface area contributed by atoms with Gasteiger partial charge in [-0.25, -0.2) is 14.6 Å². The van der Waals surface area contributed by atoms with Gasteiger partial charge in [0, 0.05) is 74.4 Å². The van der Waals surface area contributed by atoms with Crippen LogP contribution in [0.15, 0.2) is 30.6 Å². The van der Waals surface area contributed by atoms with Crippen molar-refractivity contribution < 1.29 is 19.1 Å². The van der Waals surface area contributed by atoms with Gasteiger partial charge in [-0.1, -0.05) is 0 Å². The molecule has 1 N–H and O–H groups in total. The van der Waals surface area contributed by atoms with E-state index in [1.54, 1.807) is 27.8 Å². The lowest BCUT2D eigenvalue weighted by Gasteiger charge is -2.41. The Hall–Kier alpha value is -4.02. The molecule has 202 valence electrons. The number of aromatic nitrogens is 3. The molecule has 0 unspecified atom stereocenters. The van der Waals surface area contributed by atoms with Crippen LogP contribution in [0.3, 0.4) is 0 Å². The van der Waals surface area contributed by atoms with Crippen molar-refractivity contribution in [2.75, 3.05) is 48.4 Å². The molecule has 0 saturated carbocycles. The molecule has 2 aromatic heterocycles. The van der Waals surface area contributed by atoms with E-state index < -0.39 is 5.60 Å². The number of hydrogen-bond donors (Lipinski definition) is 1. The Morgan fingerprint density at radius 2 is 1.95 bits per heavy atom. The van der Waals surface area contributed by atoms with E-state index in [2.05, 4.69) is 20.3 Å². The number of methoxy groups -OCH3 is 1. The van der Waals surface area contributed by atoms with E-state index >= 15 is 0 Å². The molecular weight excluding hydrogens is 486 g/mol. The number of carbonyl (C=O) groups excluding carboxylic acids is 2. The van der Waals surface area contributed by atoms with Gasteiger partial charge in [-0.15, -0.1) is 0 Å². The zero-order valence-electron chi connectivity index (χ0n) is 22.8. The summed E-state index contributed by atoms with van der Waals surface area (Å²) in [6.45, 7) is 10.1. The summed E-state index contributed by atoms with van der Waals surface area (Å²) in [6, 6.07) is 5.40. The number of rotatable bonds is 3. The maximum absolute atomic E-state index is 13.4. The van der Waals surface area contributed by atoms with Crippen LogP contribution in [-0.4, -0.2) is 76.7 Å². The summed E-state index contributed by atoms with van der Waals surface area (Å²) in [5, 5.41) is 8.32. The van der Waals surface area contributed by atoms with Crippen molar-refractivity contribution in [1.82, 2.24) is 19.7 Å². The molecule has 4 heterocycles. The van der Waals surface area contributed by atoms with Crippen molar-refractivity contribution in [3.05, 3.63) is 36.2 Å². The van der Waals surface area contributed by atoms with Crippen molar-refractivity contribution in [3.63, 3.8) is 0 Å². The van der Waals surface area contributed by atoms with E-state index in [0.29, 0.717) is 49.9 Å². The van der Waals surface area contributed by atoms with E-state index in [9.17, 15) is 9.59 Å². The maximum atomic E-state index is 13.4. The molecule has 1 fully saturated rings. The molecule has 0 spiro atoms. The highest BCUT2D eigenvalue weighted by atomic mass is 16.6. The van der Waals surface area contributed by atoms with Gasteiger partial charge >= 0.3 is 12.1 Å². The smallest absolute Gasteiger partial charge is 0.410 e. The molecule has 1 aromatic carbocycles. The number of carbonyl (C=O) groups is 2. The minimum atomic E-state index is -0.530. The summed E-state index contributed by atoms with van der Waals surface area (Å²) in [5.41, 5.74) is 2.93. The SMILES string of the molecule is COc1cc2nn(C)cc2cc1NC(=O)N1CCc2c(N3CCN(C(=O)OC(C)(C)C)[C@@H](C)C3)ccnc21.